The first kappa shape index (κ1) is 25.7. The lowest BCUT2D eigenvalue weighted by molar-refractivity contribution is -0.140. The Hall–Kier alpha value is -1.26. The van der Waals surface area contributed by atoms with Crippen molar-refractivity contribution in [3.8, 4) is 0 Å². The molecule has 9 heteroatoms. The molecule has 2 N–H and O–H groups in total. The van der Waals surface area contributed by atoms with Gasteiger partial charge in [-0.2, -0.15) is 0 Å². The van der Waals surface area contributed by atoms with Gasteiger partial charge in [-0.25, -0.2) is 4.79 Å². The van der Waals surface area contributed by atoms with Gasteiger partial charge in [-0.15, -0.1) is 24.0 Å². The minimum absolute atomic E-state index is 0. The first-order chi connectivity index (χ1) is 12.6. The molecule has 0 aromatic carbocycles. The summed E-state index contributed by atoms with van der Waals surface area (Å²) in [5.74, 6) is 0.663. The fourth-order valence-electron chi connectivity index (χ4n) is 2.87. The van der Waals surface area contributed by atoms with Crippen molar-refractivity contribution in [2.24, 2.45) is 4.99 Å². The van der Waals surface area contributed by atoms with Gasteiger partial charge in [0.1, 0.15) is 0 Å². The quantitative estimate of drug-likeness (QED) is 0.167. The van der Waals surface area contributed by atoms with Crippen LogP contribution in [0.15, 0.2) is 4.99 Å². The molecule has 0 spiro atoms. The van der Waals surface area contributed by atoms with Crippen LogP contribution in [-0.2, 0) is 14.3 Å². The number of unbranched alkanes of at least 4 members (excludes halogenated alkanes) is 3. The maximum Gasteiger partial charge on any atom is 0.409 e. The van der Waals surface area contributed by atoms with Crippen LogP contribution < -0.4 is 10.6 Å². The molecular formula is C18H35IN4O4. The van der Waals surface area contributed by atoms with Crippen LogP contribution >= 0.6 is 24.0 Å². The summed E-state index contributed by atoms with van der Waals surface area (Å²) in [7, 11) is 3.19. The van der Waals surface area contributed by atoms with Gasteiger partial charge in [-0.3, -0.25) is 9.79 Å². The Morgan fingerprint density at radius 1 is 1.15 bits per heavy atom. The fraction of sp³-hybridized carbons (Fsp3) is 0.833. The predicted molar refractivity (Wildman–Crippen MR) is 117 cm³/mol. The highest BCUT2D eigenvalue weighted by atomic mass is 127. The Balaban J connectivity index is 0.00000676. The van der Waals surface area contributed by atoms with Gasteiger partial charge in [-0.1, -0.05) is 12.8 Å². The van der Waals surface area contributed by atoms with Crippen molar-refractivity contribution in [3.63, 3.8) is 0 Å². The molecule has 0 aliphatic carbocycles. The molecule has 1 heterocycles. The van der Waals surface area contributed by atoms with Crippen molar-refractivity contribution >= 4 is 42.0 Å². The van der Waals surface area contributed by atoms with Gasteiger partial charge in [0, 0.05) is 39.1 Å². The van der Waals surface area contributed by atoms with E-state index >= 15 is 0 Å². The number of guanidine groups is 1. The van der Waals surface area contributed by atoms with Crippen molar-refractivity contribution in [1.82, 2.24) is 15.5 Å². The minimum Gasteiger partial charge on any atom is -0.469 e. The van der Waals surface area contributed by atoms with Crippen molar-refractivity contribution < 1.29 is 19.1 Å². The second-order valence-electron chi connectivity index (χ2n) is 6.34. The molecule has 1 aliphatic rings. The van der Waals surface area contributed by atoms with Crippen molar-refractivity contribution in [2.45, 2.75) is 57.9 Å². The van der Waals surface area contributed by atoms with Crippen LogP contribution in [0.3, 0.4) is 0 Å². The van der Waals surface area contributed by atoms with Crippen molar-refractivity contribution in [2.75, 3.05) is 40.4 Å². The van der Waals surface area contributed by atoms with Crippen LogP contribution in [0.4, 0.5) is 4.79 Å². The largest absolute Gasteiger partial charge is 0.469 e. The molecule has 1 rings (SSSR count). The number of piperidine rings is 1. The number of hydrogen-bond donors (Lipinski definition) is 2. The van der Waals surface area contributed by atoms with E-state index in [4.69, 9.17) is 4.74 Å². The van der Waals surface area contributed by atoms with Crippen LogP contribution in [0.2, 0.25) is 0 Å². The van der Waals surface area contributed by atoms with Crippen LogP contribution in [0, 0.1) is 0 Å². The van der Waals surface area contributed by atoms with Gasteiger partial charge < -0.3 is 25.0 Å². The van der Waals surface area contributed by atoms with Crippen LogP contribution in [-0.4, -0.2) is 69.4 Å². The van der Waals surface area contributed by atoms with E-state index in [-0.39, 0.29) is 36.0 Å². The standard InChI is InChI=1S/C18H34N4O4.HI/c1-4-26-18(24)22-13-10-15(11-14-22)21-17(19-2)20-12-8-6-5-7-9-16(23)25-3;/h15H,4-14H2,1-3H3,(H2,19,20,21);1H. The summed E-state index contributed by atoms with van der Waals surface area (Å²) < 4.78 is 9.66. The van der Waals surface area contributed by atoms with E-state index in [0.717, 1.165) is 51.0 Å². The van der Waals surface area contributed by atoms with Gasteiger partial charge >= 0.3 is 12.1 Å². The molecule has 1 aliphatic heterocycles. The van der Waals surface area contributed by atoms with E-state index in [1.165, 1.54) is 7.11 Å². The van der Waals surface area contributed by atoms with E-state index in [0.29, 0.717) is 32.2 Å². The predicted octanol–water partition coefficient (Wildman–Crippen LogP) is 2.51. The summed E-state index contributed by atoms with van der Waals surface area (Å²) in [6, 6.07) is 0.312. The summed E-state index contributed by atoms with van der Waals surface area (Å²) in [5.41, 5.74) is 0. The van der Waals surface area contributed by atoms with E-state index in [9.17, 15) is 9.59 Å². The molecule has 0 radical (unpaired) electrons. The molecule has 1 saturated heterocycles. The number of likely N-dealkylation sites (tertiary alicyclic amines) is 1. The number of aliphatic imine (C=N–C) groups is 1. The zero-order valence-corrected chi connectivity index (χ0v) is 19.1. The second kappa shape index (κ2) is 15.8. The first-order valence-electron chi connectivity index (χ1n) is 9.56. The molecule has 0 atom stereocenters. The Bertz CT molecular complexity index is 455. The highest BCUT2D eigenvalue weighted by molar-refractivity contribution is 14.0. The molecule has 0 aromatic heterocycles. The average molecular weight is 498 g/mol. The van der Waals surface area contributed by atoms with Crippen LogP contribution in [0.5, 0.6) is 0 Å². The molecule has 0 aromatic rings. The zero-order valence-electron chi connectivity index (χ0n) is 16.8. The van der Waals surface area contributed by atoms with Gasteiger partial charge in [0.15, 0.2) is 5.96 Å². The minimum atomic E-state index is -0.222. The number of carbonyl (C=O) groups is 2. The molecule has 8 nitrogen and oxygen atoms in total. The third kappa shape index (κ3) is 11.2. The van der Waals surface area contributed by atoms with Crippen molar-refractivity contribution in [3.05, 3.63) is 0 Å². The van der Waals surface area contributed by atoms with E-state index < -0.39 is 0 Å². The zero-order chi connectivity index (χ0) is 19.2. The molecule has 1 fully saturated rings. The molecule has 158 valence electrons. The Labute approximate surface area is 179 Å². The highest BCUT2D eigenvalue weighted by Gasteiger charge is 2.23. The van der Waals surface area contributed by atoms with E-state index in [1.54, 1.807) is 11.9 Å². The number of amides is 1. The summed E-state index contributed by atoms with van der Waals surface area (Å²) in [6.45, 7) is 4.48. The smallest absolute Gasteiger partial charge is 0.409 e. The lowest BCUT2D eigenvalue weighted by atomic mass is 10.1. The second-order valence-corrected chi connectivity index (χ2v) is 6.34. The number of hydrogen-bond acceptors (Lipinski definition) is 5. The first-order valence-corrected chi connectivity index (χ1v) is 9.56. The lowest BCUT2D eigenvalue weighted by Gasteiger charge is -2.32. The average Bonchev–Trinajstić information content (AvgIpc) is 2.66. The molecule has 1 amide bonds. The summed E-state index contributed by atoms with van der Waals surface area (Å²) in [4.78, 5) is 28.7. The normalized spacial score (nSPS) is 14.9. The van der Waals surface area contributed by atoms with Crippen LogP contribution in [0.25, 0.3) is 0 Å². The number of esters is 1. The number of methoxy groups -OCH3 is 1. The fourth-order valence-corrected chi connectivity index (χ4v) is 2.87. The Morgan fingerprint density at radius 3 is 2.41 bits per heavy atom. The van der Waals surface area contributed by atoms with E-state index in [2.05, 4.69) is 20.4 Å². The lowest BCUT2D eigenvalue weighted by Crippen LogP contribution is -2.50. The van der Waals surface area contributed by atoms with Gasteiger partial charge in [0.25, 0.3) is 0 Å². The SMILES string of the molecule is CCOC(=O)N1CCC(NC(=NC)NCCCCCCC(=O)OC)CC1.I. The van der Waals surface area contributed by atoms with Gasteiger partial charge in [0.2, 0.25) is 0 Å². The maximum atomic E-state index is 11.7. The molecule has 0 bridgehead atoms. The van der Waals surface area contributed by atoms with Gasteiger partial charge in [-0.05, 0) is 32.6 Å². The van der Waals surface area contributed by atoms with Gasteiger partial charge in [0.05, 0.1) is 13.7 Å². The number of halogens is 1. The Kier molecular flexibility index (Phi) is 15.0. The number of nitrogens with one attached hydrogen (secondary N) is 2. The highest BCUT2D eigenvalue weighted by Crippen LogP contribution is 2.11. The summed E-state index contributed by atoms with van der Waals surface area (Å²) >= 11 is 0. The number of ether oxygens (including phenoxy) is 2. The van der Waals surface area contributed by atoms with Crippen LogP contribution in [0.1, 0.15) is 51.9 Å². The Morgan fingerprint density at radius 2 is 1.81 bits per heavy atom. The number of rotatable bonds is 9. The molecule has 0 unspecified atom stereocenters. The van der Waals surface area contributed by atoms with Crippen molar-refractivity contribution in [1.29, 1.82) is 0 Å². The number of carbonyl (C=O) groups excluding carboxylic acids is 2. The monoisotopic (exact) mass is 498 g/mol. The number of nitrogens with zero attached hydrogens (tertiary/aromatic N) is 2. The molecule has 27 heavy (non-hydrogen) atoms. The third-order valence-corrected chi connectivity index (χ3v) is 4.41. The summed E-state index contributed by atoms with van der Waals surface area (Å²) in [6.07, 6.45) is 6.04. The molecule has 0 saturated carbocycles. The summed E-state index contributed by atoms with van der Waals surface area (Å²) in [5, 5.41) is 6.74. The maximum absolute atomic E-state index is 11.7. The van der Waals surface area contributed by atoms with E-state index in [1.807, 2.05) is 6.92 Å². The molecular weight excluding hydrogens is 463 g/mol. The third-order valence-electron chi connectivity index (χ3n) is 4.41. The topological polar surface area (TPSA) is 92.3 Å².